The SMILES string of the molecule is COc1ccc(NC(C)=O)c(NS(=O)(=O)c2cccc(Cl)c2O)c1. The van der Waals surface area contributed by atoms with Gasteiger partial charge in [0, 0.05) is 13.0 Å². The molecule has 0 heterocycles. The van der Waals surface area contributed by atoms with Gasteiger partial charge in [-0.2, -0.15) is 0 Å². The Bertz CT molecular complexity index is 883. The number of amides is 1. The molecule has 0 unspecified atom stereocenters. The molecule has 24 heavy (non-hydrogen) atoms. The van der Waals surface area contributed by atoms with Gasteiger partial charge in [-0.25, -0.2) is 8.42 Å². The summed E-state index contributed by atoms with van der Waals surface area (Å²) in [5.74, 6) is -0.543. The van der Waals surface area contributed by atoms with Crippen LogP contribution in [0.1, 0.15) is 6.92 Å². The smallest absolute Gasteiger partial charge is 0.265 e. The number of phenolic OH excluding ortho intramolecular Hbond substituents is 1. The van der Waals surface area contributed by atoms with Crippen molar-refractivity contribution in [1.29, 1.82) is 0 Å². The minimum Gasteiger partial charge on any atom is -0.505 e. The lowest BCUT2D eigenvalue weighted by molar-refractivity contribution is -0.114. The Balaban J connectivity index is 2.48. The van der Waals surface area contributed by atoms with Crippen molar-refractivity contribution in [2.24, 2.45) is 0 Å². The Morgan fingerprint density at radius 3 is 2.54 bits per heavy atom. The highest BCUT2D eigenvalue weighted by atomic mass is 35.5. The van der Waals surface area contributed by atoms with Crippen LogP contribution in [0.5, 0.6) is 11.5 Å². The molecule has 0 fully saturated rings. The van der Waals surface area contributed by atoms with E-state index in [1.165, 1.54) is 44.4 Å². The molecule has 0 bridgehead atoms. The number of ether oxygens (including phenoxy) is 1. The fourth-order valence-electron chi connectivity index (χ4n) is 1.95. The van der Waals surface area contributed by atoms with Crippen LogP contribution in [0.4, 0.5) is 11.4 Å². The van der Waals surface area contributed by atoms with Gasteiger partial charge in [0.05, 0.1) is 23.5 Å². The van der Waals surface area contributed by atoms with Gasteiger partial charge < -0.3 is 15.2 Å². The molecule has 7 nitrogen and oxygen atoms in total. The molecule has 0 aliphatic heterocycles. The van der Waals surface area contributed by atoms with E-state index in [1.807, 2.05) is 0 Å². The highest BCUT2D eigenvalue weighted by molar-refractivity contribution is 7.92. The summed E-state index contributed by atoms with van der Waals surface area (Å²) in [5, 5.41) is 12.3. The van der Waals surface area contributed by atoms with Crippen LogP contribution in [0, 0.1) is 0 Å². The van der Waals surface area contributed by atoms with E-state index in [1.54, 1.807) is 6.07 Å². The first-order valence-corrected chi connectivity index (χ1v) is 8.56. The van der Waals surface area contributed by atoms with Crippen LogP contribution in [0.15, 0.2) is 41.3 Å². The van der Waals surface area contributed by atoms with Gasteiger partial charge in [0.2, 0.25) is 5.91 Å². The number of sulfonamides is 1. The fraction of sp³-hybridized carbons (Fsp3) is 0.133. The Morgan fingerprint density at radius 2 is 1.92 bits per heavy atom. The molecular weight excluding hydrogens is 356 g/mol. The number of carbonyl (C=O) groups is 1. The van der Waals surface area contributed by atoms with Crippen LogP contribution in [0.25, 0.3) is 0 Å². The lowest BCUT2D eigenvalue weighted by atomic mass is 10.2. The molecule has 3 N–H and O–H groups in total. The number of halogens is 1. The van der Waals surface area contributed by atoms with Crippen molar-refractivity contribution in [2.75, 3.05) is 17.1 Å². The zero-order valence-corrected chi connectivity index (χ0v) is 14.4. The zero-order valence-electron chi connectivity index (χ0n) is 12.8. The molecule has 0 saturated heterocycles. The van der Waals surface area contributed by atoms with Crippen molar-refractivity contribution in [3.63, 3.8) is 0 Å². The second-order valence-corrected chi connectivity index (χ2v) is 6.84. The molecule has 2 aromatic rings. The number of para-hydroxylation sites is 1. The van der Waals surface area contributed by atoms with Crippen molar-refractivity contribution >= 4 is 38.9 Å². The van der Waals surface area contributed by atoms with Crippen molar-refractivity contribution in [2.45, 2.75) is 11.8 Å². The summed E-state index contributed by atoms with van der Waals surface area (Å²) in [5.41, 5.74) is 0.331. The summed E-state index contributed by atoms with van der Waals surface area (Å²) in [7, 11) is -2.72. The second kappa shape index (κ2) is 6.98. The van der Waals surface area contributed by atoms with Crippen LogP contribution in [0.2, 0.25) is 5.02 Å². The van der Waals surface area contributed by atoms with Crippen LogP contribution in [0.3, 0.4) is 0 Å². The first kappa shape index (κ1) is 17.9. The van der Waals surface area contributed by atoms with E-state index >= 15 is 0 Å². The molecule has 0 spiro atoms. The summed E-state index contributed by atoms with van der Waals surface area (Å²) in [6.45, 7) is 1.30. The summed E-state index contributed by atoms with van der Waals surface area (Å²) in [6.07, 6.45) is 0. The van der Waals surface area contributed by atoms with Gasteiger partial charge in [-0.05, 0) is 24.3 Å². The molecule has 0 aromatic heterocycles. The summed E-state index contributed by atoms with van der Waals surface area (Å²) < 4.78 is 32.4. The number of anilines is 2. The average Bonchev–Trinajstić information content (AvgIpc) is 2.50. The molecule has 2 rings (SSSR count). The monoisotopic (exact) mass is 370 g/mol. The van der Waals surface area contributed by atoms with Gasteiger partial charge in [-0.1, -0.05) is 17.7 Å². The number of carbonyl (C=O) groups excluding carboxylic acids is 1. The number of nitrogens with one attached hydrogen (secondary N) is 2. The van der Waals surface area contributed by atoms with Crippen molar-refractivity contribution < 1.29 is 23.1 Å². The predicted molar refractivity (Wildman–Crippen MR) is 91.2 cm³/mol. The molecule has 2 aromatic carbocycles. The molecule has 0 atom stereocenters. The van der Waals surface area contributed by atoms with Gasteiger partial charge in [-0.15, -0.1) is 0 Å². The largest absolute Gasteiger partial charge is 0.505 e. The quantitative estimate of drug-likeness (QED) is 0.750. The van der Waals surface area contributed by atoms with Crippen LogP contribution >= 0.6 is 11.6 Å². The first-order chi connectivity index (χ1) is 11.2. The molecular formula is C15H15ClN2O5S. The molecule has 0 aliphatic rings. The second-order valence-electron chi connectivity index (χ2n) is 4.78. The first-order valence-electron chi connectivity index (χ1n) is 6.70. The van der Waals surface area contributed by atoms with Crippen molar-refractivity contribution in [3.05, 3.63) is 41.4 Å². The average molecular weight is 371 g/mol. The van der Waals surface area contributed by atoms with Gasteiger partial charge in [0.15, 0.2) is 5.75 Å². The van der Waals surface area contributed by atoms with Crippen LogP contribution < -0.4 is 14.8 Å². The fourth-order valence-corrected chi connectivity index (χ4v) is 3.37. The molecule has 128 valence electrons. The number of hydrogen-bond acceptors (Lipinski definition) is 5. The highest BCUT2D eigenvalue weighted by Gasteiger charge is 2.22. The lowest BCUT2D eigenvalue weighted by Gasteiger charge is -2.15. The highest BCUT2D eigenvalue weighted by Crippen LogP contribution is 2.34. The third kappa shape index (κ3) is 3.90. The molecule has 0 saturated carbocycles. The predicted octanol–water partition coefficient (Wildman–Crippen LogP) is 2.81. The third-order valence-electron chi connectivity index (χ3n) is 3.02. The van der Waals surface area contributed by atoms with E-state index < -0.39 is 15.8 Å². The van der Waals surface area contributed by atoms with Crippen LogP contribution in [-0.2, 0) is 14.8 Å². The van der Waals surface area contributed by atoms with Gasteiger partial charge in [0.25, 0.3) is 10.0 Å². The summed E-state index contributed by atoms with van der Waals surface area (Å²) >= 11 is 5.75. The Kier molecular flexibility index (Phi) is 5.20. The summed E-state index contributed by atoms with van der Waals surface area (Å²) in [6, 6.07) is 8.45. The Morgan fingerprint density at radius 1 is 1.21 bits per heavy atom. The molecule has 0 aliphatic carbocycles. The van der Waals surface area contributed by atoms with E-state index in [9.17, 15) is 18.3 Å². The van der Waals surface area contributed by atoms with Gasteiger partial charge in [-0.3, -0.25) is 9.52 Å². The van der Waals surface area contributed by atoms with E-state index in [0.29, 0.717) is 5.75 Å². The lowest BCUT2D eigenvalue weighted by Crippen LogP contribution is -2.16. The number of hydrogen-bond donors (Lipinski definition) is 3. The Hall–Kier alpha value is -2.45. The normalized spacial score (nSPS) is 11.0. The minimum absolute atomic E-state index is 0.0870. The topological polar surface area (TPSA) is 105 Å². The molecule has 0 radical (unpaired) electrons. The van der Waals surface area contributed by atoms with E-state index in [0.717, 1.165) is 0 Å². The minimum atomic E-state index is -4.14. The maximum Gasteiger partial charge on any atom is 0.265 e. The molecule has 1 amide bonds. The number of methoxy groups -OCH3 is 1. The van der Waals surface area contributed by atoms with E-state index in [4.69, 9.17) is 16.3 Å². The number of rotatable bonds is 5. The third-order valence-corrected chi connectivity index (χ3v) is 4.72. The number of benzene rings is 2. The zero-order chi connectivity index (χ0) is 17.9. The van der Waals surface area contributed by atoms with Crippen LogP contribution in [-0.4, -0.2) is 26.5 Å². The molecule has 9 heteroatoms. The van der Waals surface area contributed by atoms with Crippen molar-refractivity contribution in [1.82, 2.24) is 0 Å². The maximum atomic E-state index is 12.5. The summed E-state index contributed by atoms with van der Waals surface area (Å²) in [4.78, 5) is 10.9. The number of phenols is 1. The standard InChI is InChI=1S/C15H15ClN2O5S/c1-9(19)17-12-7-6-10(23-2)8-13(12)18-24(21,22)14-5-3-4-11(16)15(14)20/h3-8,18,20H,1-2H3,(H,17,19). The van der Waals surface area contributed by atoms with Gasteiger partial charge in [0.1, 0.15) is 10.6 Å². The Labute approximate surface area is 144 Å². The maximum absolute atomic E-state index is 12.5. The number of aromatic hydroxyl groups is 1. The van der Waals surface area contributed by atoms with E-state index in [2.05, 4.69) is 10.0 Å². The van der Waals surface area contributed by atoms with Crippen molar-refractivity contribution in [3.8, 4) is 11.5 Å². The van der Waals surface area contributed by atoms with Gasteiger partial charge >= 0.3 is 0 Å². The van der Waals surface area contributed by atoms with E-state index in [-0.39, 0.29) is 27.2 Å².